The fourth-order valence-electron chi connectivity index (χ4n) is 2.78. The molecular weight excluding hydrogens is 290 g/mol. The first-order valence-corrected chi connectivity index (χ1v) is 8.04. The zero-order valence-electron chi connectivity index (χ0n) is 14.5. The van der Waals surface area contributed by atoms with Gasteiger partial charge in [0.1, 0.15) is 5.75 Å². The van der Waals surface area contributed by atoms with Crippen LogP contribution >= 0.6 is 0 Å². The van der Waals surface area contributed by atoms with Crippen molar-refractivity contribution in [2.75, 3.05) is 27.3 Å². The number of fused-ring (bicyclic) bond motifs is 1. The Morgan fingerprint density at radius 1 is 1.13 bits per heavy atom. The van der Waals surface area contributed by atoms with Crippen LogP contribution in [0.2, 0.25) is 0 Å². The molecule has 4 heteroatoms. The molecule has 4 nitrogen and oxygen atoms in total. The van der Waals surface area contributed by atoms with Crippen LogP contribution in [-0.2, 0) is 11.3 Å². The Balaban J connectivity index is 2.28. The van der Waals surface area contributed by atoms with Gasteiger partial charge in [-0.3, -0.25) is 4.90 Å². The van der Waals surface area contributed by atoms with Crippen molar-refractivity contribution in [1.82, 2.24) is 4.90 Å². The predicted molar refractivity (Wildman–Crippen MR) is 93.9 cm³/mol. The van der Waals surface area contributed by atoms with E-state index in [0.717, 1.165) is 11.3 Å². The maximum Gasteiger partial charge on any atom is 0.124 e. The molecule has 2 aromatic carbocycles. The first-order valence-electron chi connectivity index (χ1n) is 8.04. The summed E-state index contributed by atoms with van der Waals surface area (Å²) in [7, 11) is 3.60. The summed E-state index contributed by atoms with van der Waals surface area (Å²) in [4.78, 5) is 2.10. The van der Waals surface area contributed by atoms with Crippen LogP contribution in [-0.4, -0.2) is 49.5 Å². The second kappa shape index (κ2) is 8.29. The highest BCUT2D eigenvalue weighted by molar-refractivity contribution is 5.87. The van der Waals surface area contributed by atoms with E-state index in [0.29, 0.717) is 19.7 Å². The van der Waals surface area contributed by atoms with Gasteiger partial charge in [0.05, 0.1) is 18.8 Å². The van der Waals surface area contributed by atoms with Gasteiger partial charge in [0, 0.05) is 25.8 Å². The SMILES string of the molecule is COCC(O)CN(C)Cc1c(OC(C)C)ccc2ccccc12. The maximum absolute atomic E-state index is 9.93. The van der Waals surface area contributed by atoms with Gasteiger partial charge in [-0.05, 0) is 37.7 Å². The van der Waals surface area contributed by atoms with Crippen LogP contribution in [0.1, 0.15) is 19.4 Å². The van der Waals surface area contributed by atoms with E-state index in [2.05, 4.69) is 23.1 Å². The van der Waals surface area contributed by atoms with E-state index in [1.54, 1.807) is 7.11 Å². The normalized spacial score (nSPS) is 13.0. The number of aliphatic hydroxyl groups is 1. The minimum absolute atomic E-state index is 0.124. The van der Waals surface area contributed by atoms with Crippen LogP contribution in [0.3, 0.4) is 0 Å². The highest BCUT2D eigenvalue weighted by Crippen LogP contribution is 2.30. The van der Waals surface area contributed by atoms with Gasteiger partial charge in [-0.15, -0.1) is 0 Å². The second-order valence-electron chi connectivity index (χ2n) is 6.24. The maximum atomic E-state index is 9.93. The van der Waals surface area contributed by atoms with Crippen LogP contribution in [0.4, 0.5) is 0 Å². The molecule has 0 aliphatic rings. The highest BCUT2D eigenvalue weighted by atomic mass is 16.5. The van der Waals surface area contributed by atoms with E-state index in [1.807, 2.05) is 39.1 Å². The fourth-order valence-corrected chi connectivity index (χ4v) is 2.78. The number of benzene rings is 2. The standard InChI is InChI=1S/C19H27NO3/c1-14(2)23-19-10-9-15-7-5-6-8-17(15)18(19)12-20(3)11-16(21)13-22-4/h5-10,14,16,21H,11-13H2,1-4H3. The molecule has 0 aliphatic heterocycles. The molecule has 1 atom stereocenters. The number of likely N-dealkylation sites (N-methyl/N-ethyl adjacent to an activating group) is 1. The molecule has 126 valence electrons. The Hall–Kier alpha value is -1.62. The Labute approximate surface area is 138 Å². The summed E-state index contributed by atoms with van der Waals surface area (Å²) >= 11 is 0. The quantitative estimate of drug-likeness (QED) is 0.812. The molecule has 0 saturated carbocycles. The summed E-state index contributed by atoms with van der Waals surface area (Å²) in [6, 6.07) is 12.5. The van der Waals surface area contributed by atoms with E-state index in [9.17, 15) is 5.11 Å². The smallest absolute Gasteiger partial charge is 0.124 e. The molecule has 0 spiro atoms. The number of rotatable bonds is 8. The van der Waals surface area contributed by atoms with Crippen molar-refractivity contribution in [2.45, 2.75) is 32.6 Å². The third-order valence-electron chi connectivity index (χ3n) is 3.67. The van der Waals surface area contributed by atoms with E-state index in [4.69, 9.17) is 9.47 Å². The van der Waals surface area contributed by atoms with E-state index in [1.165, 1.54) is 10.8 Å². The van der Waals surface area contributed by atoms with Gasteiger partial charge in [-0.1, -0.05) is 30.3 Å². The third-order valence-corrected chi connectivity index (χ3v) is 3.67. The van der Waals surface area contributed by atoms with E-state index >= 15 is 0 Å². The largest absolute Gasteiger partial charge is 0.491 e. The average molecular weight is 317 g/mol. The summed E-state index contributed by atoms with van der Waals surface area (Å²) in [5.41, 5.74) is 1.16. The van der Waals surface area contributed by atoms with Crippen LogP contribution in [0, 0.1) is 0 Å². The predicted octanol–water partition coefficient (Wildman–Crippen LogP) is 3.07. The summed E-state index contributed by atoms with van der Waals surface area (Å²) in [5, 5.41) is 12.3. The topological polar surface area (TPSA) is 41.9 Å². The molecule has 2 aromatic rings. The van der Waals surface area contributed by atoms with Crippen LogP contribution in [0.5, 0.6) is 5.75 Å². The molecule has 0 saturated heterocycles. The number of hydrogen-bond donors (Lipinski definition) is 1. The molecule has 1 unspecified atom stereocenters. The van der Waals surface area contributed by atoms with Gasteiger partial charge in [-0.2, -0.15) is 0 Å². The van der Waals surface area contributed by atoms with Gasteiger partial charge >= 0.3 is 0 Å². The van der Waals surface area contributed by atoms with Crippen LogP contribution in [0.15, 0.2) is 36.4 Å². The summed E-state index contributed by atoms with van der Waals surface area (Å²) < 4.78 is 11.0. The van der Waals surface area contributed by atoms with E-state index < -0.39 is 6.10 Å². The molecule has 0 amide bonds. The van der Waals surface area contributed by atoms with Crippen molar-refractivity contribution in [1.29, 1.82) is 0 Å². The average Bonchev–Trinajstić information content (AvgIpc) is 2.49. The van der Waals surface area contributed by atoms with Crippen molar-refractivity contribution in [3.63, 3.8) is 0 Å². The molecule has 0 fully saturated rings. The van der Waals surface area contributed by atoms with Gasteiger partial charge in [-0.25, -0.2) is 0 Å². The van der Waals surface area contributed by atoms with E-state index in [-0.39, 0.29) is 6.10 Å². The lowest BCUT2D eigenvalue weighted by atomic mass is 10.0. The minimum atomic E-state index is -0.491. The van der Waals surface area contributed by atoms with Crippen molar-refractivity contribution >= 4 is 10.8 Å². The lowest BCUT2D eigenvalue weighted by molar-refractivity contribution is 0.0417. The third kappa shape index (κ3) is 4.93. The molecule has 0 aromatic heterocycles. The van der Waals surface area contributed by atoms with Gasteiger partial charge in [0.15, 0.2) is 0 Å². The number of hydrogen-bond acceptors (Lipinski definition) is 4. The molecule has 0 aliphatic carbocycles. The van der Waals surface area contributed by atoms with Crippen LogP contribution < -0.4 is 4.74 Å². The fraction of sp³-hybridized carbons (Fsp3) is 0.474. The second-order valence-corrected chi connectivity index (χ2v) is 6.24. The summed E-state index contributed by atoms with van der Waals surface area (Å²) in [5.74, 6) is 0.909. The number of methoxy groups -OCH3 is 1. The molecule has 0 heterocycles. The number of nitrogens with zero attached hydrogens (tertiary/aromatic N) is 1. The number of aliphatic hydroxyl groups excluding tert-OH is 1. The Morgan fingerprint density at radius 2 is 1.87 bits per heavy atom. The molecule has 0 bridgehead atoms. The first-order chi connectivity index (χ1) is 11.0. The Morgan fingerprint density at radius 3 is 2.57 bits per heavy atom. The highest BCUT2D eigenvalue weighted by Gasteiger charge is 2.14. The Kier molecular flexibility index (Phi) is 6.39. The molecule has 23 heavy (non-hydrogen) atoms. The van der Waals surface area contributed by atoms with Crippen molar-refractivity contribution in [2.24, 2.45) is 0 Å². The lowest BCUT2D eigenvalue weighted by Crippen LogP contribution is -2.31. The van der Waals surface area contributed by atoms with Gasteiger partial charge < -0.3 is 14.6 Å². The van der Waals surface area contributed by atoms with Gasteiger partial charge in [0.2, 0.25) is 0 Å². The minimum Gasteiger partial charge on any atom is -0.491 e. The molecule has 0 radical (unpaired) electrons. The van der Waals surface area contributed by atoms with Crippen LogP contribution in [0.25, 0.3) is 10.8 Å². The van der Waals surface area contributed by atoms with Crippen molar-refractivity contribution in [3.05, 3.63) is 42.0 Å². The Bertz CT molecular complexity index is 627. The summed E-state index contributed by atoms with van der Waals surface area (Å²) in [6.45, 7) is 5.67. The van der Waals surface area contributed by atoms with Gasteiger partial charge in [0.25, 0.3) is 0 Å². The first kappa shape index (κ1) is 17.7. The zero-order chi connectivity index (χ0) is 16.8. The summed E-state index contributed by atoms with van der Waals surface area (Å²) in [6.07, 6.45) is -0.367. The molecule has 1 N–H and O–H groups in total. The monoisotopic (exact) mass is 317 g/mol. The molecule has 2 rings (SSSR count). The number of ether oxygens (including phenoxy) is 2. The zero-order valence-corrected chi connectivity index (χ0v) is 14.5. The molecular formula is C19H27NO3. The lowest BCUT2D eigenvalue weighted by Gasteiger charge is -2.23. The van der Waals surface area contributed by atoms with Crippen molar-refractivity contribution in [3.8, 4) is 5.75 Å². The van der Waals surface area contributed by atoms with Crippen molar-refractivity contribution < 1.29 is 14.6 Å².